The molecule has 25 heavy (non-hydrogen) atoms. The summed E-state index contributed by atoms with van der Waals surface area (Å²) in [5, 5.41) is 8.07. The largest absolute Gasteiger partial charge is 0.356 e. The van der Waals surface area contributed by atoms with Gasteiger partial charge in [0.25, 0.3) is 0 Å². The highest BCUT2D eigenvalue weighted by molar-refractivity contribution is 5.79. The van der Waals surface area contributed by atoms with Gasteiger partial charge in [-0.1, -0.05) is 13.8 Å². The molecule has 6 heteroatoms. The zero-order valence-corrected chi connectivity index (χ0v) is 17.5. The van der Waals surface area contributed by atoms with Crippen LogP contribution in [-0.4, -0.2) is 65.8 Å². The Kier molecular flexibility index (Phi) is 8.97. The number of hydrogen-bond acceptors (Lipinski definition) is 3. The van der Waals surface area contributed by atoms with Gasteiger partial charge in [-0.15, -0.1) is 0 Å². The molecule has 1 N–H and O–H groups in total. The van der Waals surface area contributed by atoms with Crippen LogP contribution in [0.5, 0.6) is 0 Å². The van der Waals surface area contributed by atoms with E-state index in [2.05, 4.69) is 73.2 Å². The molecule has 0 saturated carbocycles. The van der Waals surface area contributed by atoms with E-state index >= 15 is 0 Å². The molecule has 144 valence electrons. The molecule has 0 aromatic carbocycles. The smallest absolute Gasteiger partial charge is 0.193 e. The van der Waals surface area contributed by atoms with Crippen molar-refractivity contribution in [1.29, 1.82) is 0 Å². The number of nitrogens with one attached hydrogen (secondary N) is 1. The summed E-state index contributed by atoms with van der Waals surface area (Å²) in [5.41, 5.74) is 2.43. The zero-order chi connectivity index (χ0) is 19.0. The second kappa shape index (κ2) is 10.4. The molecule has 1 aromatic rings. The van der Waals surface area contributed by atoms with E-state index in [1.54, 1.807) is 0 Å². The minimum absolute atomic E-state index is 0.428. The summed E-state index contributed by atoms with van der Waals surface area (Å²) < 4.78 is 1.90. The Morgan fingerprint density at radius 1 is 1.24 bits per heavy atom. The van der Waals surface area contributed by atoms with E-state index in [0.717, 1.165) is 32.0 Å². The molecule has 0 aliphatic rings. The maximum atomic E-state index is 4.59. The number of aryl methyl sites for hydroxylation is 1. The van der Waals surface area contributed by atoms with Crippen molar-refractivity contribution in [2.24, 2.45) is 12.0 Å². The lowest BCUT2D eigenvalue weighted by molar-refractivity contribution is 0.268. The van der Waals surface area contributed by atoms with E-state index in [1.165, 1.54) is 17.7 Å². The molecule has 0 atom stereocenters. The fourth-order valence-electron chi connectivity index (χ4n) is 2.82. The number of rotatable bonds is 9. The summed E-state index contributed by atoms with van der Waals surface area (Å²) in [6.45, 7) is 11.8. The number of nitrogens with zero attached hydrogens (tertiary/aromatic N) is 5. The first kappa shape index (κ1) is 21.5. The summed E-state index contributed by atoms with van der Waals surface area (Å²) in [5.74, 6) is 1.37. The third kappa shape index (κ3) is 7.06. The standard InChI is InChI=1S/C19H38N6/c1-15(2)18-17(14-25(8)22-18)13-24(7)19(20-5)21-11-9-10-12-23(6)16(3)4/h14-16H,9-13H2,1-8H3,(H,20,21). The van der Waals surface area contributed by atoms with Crippen LogP contribution in [0.15, 0.2) is 11.2 Å². The summed E-state index contributed by atoms with van der Waals surface area (Å²) in [4.78, 5) is 8.98. The van der Waals surface area contributed by atoms with Gasteiger partial charge in [0.2, 0.25) is 0 Å². The number of guanidine groups is 1. The molecule has 6 nitrogen and oxygen atoms in total. The van der Waals surface area contributed by atoms with Crippen molar-refractivity contribution in [3.8, 4) is 0 Å². The van der Waals surface area contributed by atoms with Crippen LogP contribution in [0.2, 0.25) is 0 Å². The topological polar surface area (TPSA) is 48.7 Å². The number of hydrogen-bond donors (Lipinski definition) is 1. The van der Waals surface area contributed by atoms with Crippen molar-refractivity contribution >= 4 is 5.96 Å². The molecule has 0 amide bonds. The molecule has 1 rings (SSSR count). The minimum atomic E-state index is 0.428. The van der Waals surface area contributed by atoms with E-state index in [1.807, 2.05) is 18.8 Å². The summed E-state index contributed by atoms with van der Waals surface area (Å²) in [6.07, 6.45) is 4.46. The first-order valence-electron chi connectivity index (χ1n) is 9.40. The van der Waals surface area contributed by atoms with E-state index in [-0.39, 0.29) is 0 Å². The highest BCUT2D eigenvalue weighted by atomic mass is 15.3. The average Bonchev–Trinajstić information content (AvgIpc) is 2.90. The second-order valence-corrected chi connectivity index (χ2v) is 7.48. The van der Waals surface area contributed by atoms with E-state index < -0.39 is 0 Å². The van der Waals surface area contributed by atoms with Crippen molar-refractivity contribution in [2.45, 2.75) is 59.0 Å². The molecule has 0 fully saturated rings. The lowest BCUT2D eigenvalue weighted by Crippen LogP contribution is -2.39. The molecule has 0 spiro atoms. The van der Waals surface area contributed by atoms with Crippen LogP contribution in [0.4, 0.5) is 0 Å². The molecule has 1 heterocycles. The number of unbranched alkanes of at least 4 members (excludes halogenated alkanes) is 1. The first-order valence-corrected chi connectivity index (χ1v) is 9.40. The molecular weight excluding hydrogens is 312 g/mol. The highest BCUT2D eigenvalue weighted by Crippen LogP contribution is 2.18. The van der Waals surface area contributed by atoms with E-state index in [9.17, 15) is 0 Å². The van der Waals surface area contributed by atoms with Gasteiger partial charge in [0, 0.05) is 52.0 Å². The molecular formula is C19H38N6. The third-order valence-electron chi connectivity index (χ3n) is 4.57. The zero-order valence-electron chi connectivity index (χ0n) is 17.5. The number of aromatic nitrogens is 2. The van der Waals surface area contributed by atoms with Gasteiger partial charge in [-0.05, 0) is 46.2 Å². The van der Waals surface area contributed by atoms with Gasteiger partial charge in [-0.2, -0.15) is 5.10 Å². The minimum Gasteiger partial charge on any atom is -0.356 e. The van der Waals surface area contributed by atoms with Gasteiger partial charge in [0.15, 0.2) is 5.96 Å². The Morgan fingerprint density at radius 3 is 2.48 bits per heavy atom. The van der Waals surface area contributed by atoms with Crippen LogP contribution in [0, 0.1) is 0 Å². The normalized spacial score (nSPS) is 12.5. The van der Waals surface area contributed by atoms with Crippen molar-refractivity contribution in [2.75, 3.05) is 34.2 Å². The van der Waals surface area contributed by atoms with Gasteiger partial charge < -0.3 is 15.1 Å². The lowest BCUT2D eigenvalue weighted by atomic mass is 10.1. The van der Waals surface area contributed by atoms with Crippen molar-refractivity contribution < 1.29 is 0 Å². The Labute approximate surface area is 154 Å². The van der Waals surface area contributed by atoms with Crippen LogP contribution in [0.25, 0.3) is 0 Å². The van der Waals surface area contributed by atoms with Crippen LogP contribution in [-0.2, 0) is 13.6 Å². The van der Waals surface area contributed by atoms with Crippen molar-refractivity contribution in [3.05, 3.63) is 17.5 Å². The Bertz CT molecular complexity index is 532. The summed E-state index contributed by atoms with van der Waals surface area (Å²) >= 11 is 0. The lowest BCUT2D eigenvalue weighted by Gasteiger charge is -2.23. The quantitative estimate of drug-likeness (QED) is 0.423. The van der Waals surface area contributed by atoms with Crippen LogP contribution >= 0.6 is 0 Å². The Hall–Kier alpha value is -1.56. The van der Waals surface area contributed by atoms with E-state index in [0.29, 0.717) is 12.0 Å². The fraction of sp³-hybridized carbons (Fsp3) is 0.789. The van der Waals surface area contributed by atoms with Crippen LogP contribution < -0.4 is 5.32 Å². The summed E-state index contributed by atoms with van der Waals surface area (Å²) in [6, 6.07) is 0.612. The molecule has 0 radical (unpaired) electrons. The van der Waals surface area contributed by atoms with Crippen LogP contribution in [0.1, 0.15) is 57.7 Å². The molecule has 0 saturated heterocycles. The van der Waals surface area contributed by atoms with E-state index in [4.69, 9.17) is 0 Å². The number of aliphatic imine (C=N–C) groups is 1. The molecule has 0 aliphatic carbocycles. The predicted octanol–water partition coefficient (Wildman–Crippen LogP) is 2.67. The van der Waals surface area contributed by atoms with Crippen molar-refractivity contribution in [1.82, 2.24) is 24.9 Å². The van der Waals surface area contributed by atoms with Crippen molar-refractivity contribution in [3.63, 3.8) is 0 Å². The molecule has 0 bridgehead atoms. The monoisotopic (exact) mass is 350 g/mol. The third-order valence-corrected chi connectivity index (χ3v) is 4.57. The maximum Gasteiger partial charge on any atom is 0.193 e. The van der Waals surface area contributed by atoms with Gasteiger partial charge >= 0.3 is 0 Å². The maximum absolute atomic E-state index is 4.59. The summed E-state index contributed by atoms with van der Waals surface area (Å²) in [7, 11) is 8.10. The molecule has 0 aliphatic heterocycles. The highest BCUT2D eigenvalue weighted by Gasteiger charge is 2.15. The molecule has 0 unspecified atom stereocenters. The Morgan fingerprint density at radius 2 is 1.92 bits per heavy atom. The average molecular weight is 351 g/mol. The Balaban J connectivity index is 2.47. The SMILES string of the molecule is CN=C(NCCCCN(C)C(C)C)N(C)Cc1cn(C)nc1C(C)C. The second-order valence-electron chi connectivity index (χ2n) is 7.48. The predicted molar refractivity (Wildman–Crippen MR) is 107 cm³/mol. The van der Waals surface area contributed by atoms with Crippen LogP contribution in [0.3, 0.4) is 0 Å². The first-order chi connectivity index (χ1) is 11.8. The van der Waals surface area contributed by atoms with Gasteiger partial charge in [0.1, 0.15) is 0 Å². The van der Waals surface area contributed by atoms with Gasteiger partial charge in [-0.25, -0.2) is 0 Å². The van der Waals surface area contributed by atoms with Gasteiger partial charge in [-0.3, -0.25) is 9.67 Å². The fourth-order valence-corrected chi connectivity index (χ4v) is 2.82. The van der Waals surface area contributed by atoms with Gasteiger partial charge in [0.05, 0.1) is 5.69 Å². The molecule has 1 aromatic heterocycles.